The second kappa shape index (κ2) is 8.67. The van der Waals surface area contributed by atoms with Crippen LogP contribution >= 0.6 is 11.8 Å². The average Bonchev–Trinajstić information content (AvgIpc) is 2.96. The Morgan fingerprint density at radius 2 is 2.35 bits per heavy atom. The van der Waals surface area contributed by atoms with E-state index >= 15 is 0 Å². The monoisotopic (exact) mass is 295 g/mol. The van der Waals surface area contributed by atoms with E-state index in [1.807, 2.05) is 11.8 Å². The summed E-state index contributed by atoms with van der Waals surface area (Å²) >= 11 is 1.92. The van der Waals surface area contributed by atoms with Crippen LogP contribution in [0.25, 0.3) is 0 Å². The van der Waals surface area contributed by atoms with E-state index in [1.54, 1.807) is 7.11 Å². The molecule has 0 saturated carbocycles. The molecule has 0 spiro atoms. The van der Waals surface area contributed by atoms with Crippen LogP contribution in [-0.2, 0) is 16.0 Å². The molecular formula is C16H25NO2S. The van der Waals surface area contributed by atoms with Crippen LogP contribution in [0.4, 0.5) is 0 Å². The minimum atomic E-state index is 0.440. The standard InChI is InChI=1S/C16H25NO2S/c1-13-5-6-16(20-12-15-4-3-8-19-15)14(10-13)11-17-7-9-18-2/h5-6,10,15,17H,3-4,7-9,11-12H2,1-2H3. The van der Waals surface area contributed by atoms with Gasteiger partial charge in [-0.05, 0) is 31.4 Å². The van der Waals surface area contributed by atoms with Crippen LogP contribution in [0.1, 0.15) is 24.0 Å². The molecule has 1 fully saturated rings. The molecule has 1 aliphatic rings. The first kappa shape index (κ1) is 15.8. The Labute approximate surface area is 126 Å². The van der Waals surface area contributed by atoms with Gasteiger partial charge in [0, 0.05) is 37.5 Å². The maximum Gasteiger partial charge on any atom is 0.0669 e. The number of ether oxygens (including phenoxy) is 2. The van der Waals surface area contributed by atoms with Crippen LogP contribution in [0, 0.1) is 6.92 Å². The normalized spacial score (nSPS) is 18.6. The Balaban J connectivity index is 1.88. The lowest BCUT2D eigenvalue weighted by atomic mass is 10.1. The molecule has 2 rings (SSSR count). The number of hydrogen-bond donors (Lipinski definition) is 1. The zero-order valence-corrected chi connectivity index (χ0v) is 13.3. The molecule has 0 aromatic heterocycles. The first-order valence-corrected chi connectivity index (χ1v) is 8.31. The summed E-state index contributed by atoms with van der Waals surface area (Å²) in [4.78, 5) is 1.37. The quantitative estimate of drug-likeness (QED) is 0.590. The highest BCUT2D eigenvalue weighted by Crippen LogP contribution is 2.27. The van der Waals surface area contributed by atoms with Crippen LogP contribution in [0.2, 0.25) is 0 Å². The zero-order chi connectivity index (χ0) is 14.2. The van der Waals surface area contributed by atoms with Crippen molar-refractivity contribution in [3.63, 3.8) is 0 Å². The van der Waals surface area contributed by atoms with Gasteiger partial charge in [0.2, 0.25) is 0 Å². The van der Waals surface area contributed by atoms with E-state index in [0.29, 0.717) is 6.10 Å². The van der Waals surface area contributed by atoms with Crippen molar-refractivity contribution in [2.45, 2.75) is 37.3 Å². The molecule has 1 aromatic rings. The SMILES string of the molecule is COCCNCc1cc(C)ccc1SCC1CCCO1. The molecule has 3 nitrogen and oxygen atoms in total. The van der Waals surface area contributed by atoms with Crippen molar-refractivity contribution in [1.82, 2.24) is 5.32 Å². The number of aryl methyl sites for hydroxylation is 1. The molecule has 4 heteroatoms. The molecule has 1 heterocycles. The van der Waals surface area contributed by atoms with Crippen molar-refractivity contribution < 1.29 is 9.47 Å². The third kappa shape index (κ3) is 5.09. The summed E-state index contributed by atoms with van der Waals surface area (Å²) in [5.41, 5.74) is 2.69. The maximum atomic E-state index is 5.70. The lowest BCUT2D eigenvalue weighted by Crippen LogP contribution is -2.19. The van der Waals surface area contributed by atoms with Gasteiger partial charge in [-0.25, -0.2) is 0 Å². The minimum Gasteiger partial charge on any atom is -0.383 e. The van der Waals surface area contributed by atoms with Gasteiger partial charge in [0.05, 0.1) is 12.7 Å². The van der Waals surface area contributed by atoms with E-state index in [4.69, 9.17) is 9.47 Å². The van der Waals surface area contributed by atoms with E-state index in [2.05, 4.69) is 30.4 Å². The van der Waals surface area contributed by atoms with E-state index in [9.17, 15) is 0 Å². The Morgan fingerprint density at radius 1 is 1.45 bits per heavy atom. The molecule has 1 N–H and O–H groups in total. The third-order valence-electron chi connectivity index (χ3n) is 3.46. The molecule has 0 bridgehead atoms. The number of benzene rings is 1. The fourth-order valence-electron chi connectivity index (χ4n) is 2.34. The molecule has 0 aliphatic carbocycles. The van der Waals surface area contributed by atoms with Crippen molar-refractivity contribution in [2.75, 3.05) is 32.6 Å². The molecule has 112 valence electrons. The maximum absolute atomic E-state index is 5.70. The molecule has 0 amide bonds. The van der Waals surface area contributed by atoms with Gasteiger partial charge in [0.1, 0.15) is 0 Å². The summed E-state index contributed by atoms with van der Waals surface area (Å²) in [5, 5.41) is 3.43. The van der Waals surface area contributed by atoms with Gasteiger partial charge in [-0.3, -0.25) is 0 Å². The van der Waals surface area contributed by atoms with Gasteiger partial charge < -0.3 is 14.8 Å². The molecule has 20 heavy (non-hydrogen) atoms. The van der Waals surface area contributed by atoms with Gasteiger partial charge in [0.25, 0.3) is 0 Å². The summed E-state index contributed by atoms with van der Waals surface area (Å²) in [6, 6.07) is 6.70. The van der Waals surface area contributed by atoms with Crippen molar-refractivity contribution in [3.8, 4) is 0 Å². The van der Waals surface area contributed by atoms with Gasteiger partial charge in [-0.1, -0.05) is 17.7 Å². The lowest BCUT2D eigenvalue weighted by molar-refractivity contribution is 0.129. The predicted molar refractivity (Wildman–Crippen MR) is 84.5 cm³/mol. The highest BCUT2D eigenvalue weighted by Gasteiger charge is 2.16. The van der Waals surface area contributed by atoms with Crippen molar-refractivity contribution in [3.05, 3.63) is 29.3 Å². The number of rotatable bonds is 8. The molecule has 1 saturated heterocycles. The van der Waals surface area contributed by atoms with Crippen LogP contribution < -0.4 is 5.32 Å². The van der Waals surface area contributed by atoms with Crippen LogP contribution in [-0.4, -0.2) is 38.7 Å². The third-order valence-corrected chi connectivity index (χ3v) is 4.71. The number of methoxy groups -OCH3 is 1. The Bertz CT molecular complexity index is 405. The largest absolute Gasteiger partial charge is 0.383 e. The topological polar surface area (TPSA) is 30.5 Å². The smallest absolute Gasteiger partial charge is 0.0669 e. The summed E-state index contributed by atoms with van der Waals surface area (Å²) in [6.45, 7) is 5.63. The van der Waals surface area contributed by atoms with Crippen molar-refractivity contribution in [2.24, 2.45) is 0 Å². The molecule has 0 radical (unpaired) electrons. The van der Waals surface area contributed by atoms with Crippen molar-refractivity contribution in [1.29, 1.82) is 0 Å². The highest BCUT2D eigenvalue weighted by molar-refractivity contribution is 7.99. The fourth-order valence-corrected chi connectivity index (χ4v) is 3.45. The first-order valence-electron chi connectivity index (χ1n) is 7.33. The van der Waals surface area contributed by atoms with Gasteiger partial charge in [-0.15, -0.1) is 11.8 Å². The second-order valence-electron chi connectivity index (χ2n) is 5.23. The van der Waals surface area contributed by atoms with E-state index in [-0.39, 0.29) is 0 Å². The van der Waals surface area contributed by atoms with Crippen LogP contribution in [0.15, 0.2) is 23.1 Å². The first-order chi connectivity index (χ1) is 9.79. The molecular weight excluding hydrogens is 270 g/mol. The Morgan fingerprint density at radius 3 is 3.10 bits per heavy atom. The van der Waals surface area contributed by atoms with Gasteiger partial charge in [-0.2, -0.15) is 0 Å². The summed E-state index contributed by atoms with van der Waals surface area (Å²) in [6.07, 6.45) is 2.86. The Hall–Kier alpha value is -0.550. The van der Waals surface area contributed by atoms with Crippen molar-refractivity contribution >= 4 is 11.8 Å². The lowest BCUT2D eigenvalue weighted by Gasteiger charge is -2.13. The van der Waals surface area contributed by atoms with Crippen LogP contribution in [0.5, 0.6) is 0 Å². The molecule has 1 aliphatic heterocycles. The predicted octanol–water partition coefficient (Wildman–Crippen LogP) is 3.00. The number of nitrogens with one attached hydrogen (secondary N) is 1. The summed E-state index contributed by atoms with van der Waals surface area (Å²) in [7, 11) is 1.73. The number of hydrogen-bond acceptors (Lipinski definition) is 4. The second-order valence-corrected chi connectivity index (χ2v) is 6.29. The molecule has 1 aromatic carbocycles. The molecule has 1 unspecified atom stereocenters. The van der Waals surface area contributed by atoms with Gasteiger partial charge >= 0.3 is 0 Å². The number of thioether (sulfide) groups is 1. The van der Waals surface area contributed by atoms with Crippen LogP contribution in [0.3, 0.4) is 0 Å². The fraction of sp³-hybridized carbons (Fsp3) is 0.625. The van der Waals surface area contributed by atoms with E-state index < -0.39 is 0 Å². The Kier molecular flexibility index (Phi) is 6.87. The average molecular weight is 295 g/mol. The van der Waals surface area contributed by atoms with E-state index in [0.717, 1.165) is 32.1 Å². The summed E-state index contributed by atoms with van der Waals surface area (Å²) < 4.78 is 10.8. The minimum absolute atomic E-state index is 0.440. The zero-order valence-electron chi connectivity index (χ0n) is 12.5. The van der Waals surface area contributed by atoms with Gasteiger partial charge in [0.15, 0.2) is 0 Å². The highest BCUT2D eigenvalue weighted by atomic mass is 32.2. The molecule has 1 atom stereocenters. The van der Waals surface area contributed by atoms with E-state index in [1.165, 1.54) is 28.9 Å². The summed E-state index contributed by atoms with van der Waals surface area (Å²) in [5.74, 6) is 1.06.